The molecule has 0 amide bonds. The second kappa shape index (κ2) is 8.34. The maximum Gasteiger partial charge on any atom is 0.0234 e. The summed E-state index contributed by atoms with van der Waals surface area (Å²) in [6.45, 7) is 4.03. The van der Waals surface area contributed by atoms with Crippen LogP contribution < -0.4 is 5.73 Å². The monoisotopic (exact) mass is 260 g/mol. The van der Waals surface area contributed by atoms with E-state index in [1.807, 2.05) is 0 Å². The normalized spacial score (nSPS) is 16.9. The lowest BCUT2D eigenvalue weighted by molar-refractivity contribution is 0.229. The molecule has 0 heterocycles. The molecule has 0 aromatic heterocycles. The van der Waals surface area contributed by atoms with Crippen LogP contribution in [0.15, 0.2) is 30.3 Å². The Bertz CT molecular complexity index is 330. The average Bonchev–Trinajstić information content (AvgIpc) is 2.47. The van der Waals surface area contributed by atoms with Gasteiger partial charge in [-0.2, -0.15) is 0 Å². The van der Waals surface area contributed by atoms with Gasteiger partial charge in [0.25, 0.3) is 0 Å². The third-order valence-corrected chi connectivity index (χ3v) is 4.27. The van der Waals surface area contributed by atoms with Crippen LogP contribution in [0.5, 0.6) is 0 Å². The largest absolute Gasteiger partial charge is 0.329 e. The van der Waals surface area contributed by atoms with Gasteiger partial charge in [-0.1, -0.05) is 62.4 Å². The summed E-state index contributed by atoms with van der Waals surface area (Å²) in [5.41, 5.74) is 7.15. The van der Waals surface area contributed by atoms with Gasteiger partial charge < -0.3 is 5.73 Å². The number of rotatable bonds is 7. The number of benzene rings is 1. The minimum absolute atomic E-state index is 0.761. The molecule has 2 rings (SSSR count). The van der Waals surface area contributed by atoms with E-state index >= 15 is 0 Å². The van der Waals surface area contributed by atoms with Gasteiger partial charge in [-0.3, -0.25) is 4.90 Å². The molecule has 1 aliphatic rings. The van der Waals surface area contributed by atoms with Crippen LogP contribution in [-0.2, 0) is 6.54 Å². The first-order valence-electron chi connectivity index (χ1n) is 7.85. The maximum atomic E-state index is 5.75. The molecule has 2 nitrogen and oxygen atoms in total. The zero-order chi connectivity index (χ0) is 13.3. The summed E-state index contributed by atoms with van der Waals surface area (Å²) in [5.74, 6) is 0.963. The average molecular weight is 260 g/mol. The SMILES string of the molecule is NCCN(CCC1CCCCC1)Cc1ccccc1. The van der Waals surface area contributed by atoms with Gasteiger partial charge in [0, 0.05) is 19.6 Å². The fourth-order valence-corrected chi connectivity index (χ4v) is 3.14. The minimum atomic E-state index is 0.761. The number of nitrogens with two attached hydrogens (primary N) is 1. The molecule has 0 radical (unpaired) electrons. The van der Waals surface area contributed by atoms with Crippen molar-refractivity contribution in [3.05, 3.63) is 35.9 Å². The van der Waals surface area contributed by atoms with Gasteiger partial charge in [-0.25, -0.2) is 0 Å². The van der Waals surface area contributed by atoms with Crippen molar-refractivity contribution in [3.63, 3.8) is 0 Å². The molecule has 0 unspecified atom stereocenters. The Labute approximate surface area is 118 Å². The maximum absolute atomic E-state index is 5.75. The predicted octanol–water partition coefficient (Wildman–Crippen LogP) is 3.42. The standard InChI is InChI=1S/C17H28N2/c18-12-14-19(15-17-9-5-2-6-10-17)13-11-16-7-3-1-4-8-16/h2,5-6,9-10,16H,1,3-4,7-8,11-15,18H2. The molecule has 0 spiro atoms. The first kappa shape index (κ1) is 14.5. The van der Waals surface area contributed by atoms with Gasteiger partial charge >= 0.3 is 0 Å². The van der Waals surface area contributed by atoms with Crippen molar-refractivity contribution in [1.82, 2.24) is 4.90 Å². The summed E-state index contributed by atoms with van der Waals surface area (Å²) in [7, 11) is 0. The summed E-state index contributed by atoms with van der Waals surface area (Å²) in [4.78, 5) is 2.52. The summed E-state index contributed by atoms with van der Waals surface area (Å²) >= 11 is 0. The van der Waals surface area contributed by atoms with Crippen molar-refractivity contribution in [2.45, 2.75) is 45.1 Å². The molecule has 1 aliphatic carbocycles. The zero-order valence-electron chi connectivity index (χ0n) is 12.1. The van der Waals surface area contributed by atoms with E-state index in [9.17, 15) is 0 Å². The van der Waals surface area contributed by atoms with Crippen LogP contribution in [0.3, 0.4) is 0 Å². The molecule has 0 bridgehead atoms. The van der Waals surface area contributed by atoms with Gasteiger partial charge in [0.1, 0.15) is 0 Å². The molecule has 1 aromatic carbocycles. The smallest absolute Gasteiger partial charge is 0.0234 e. The quantitative estimate of drug-likeness (QED) is 0.814. The van der Waals surface area contributed by atoms with E-state index in [1.54, 1.807) is 0 Å². The third kappa shape index (κ3) is 5.33. The summed E-state index contributed by atoms with van der Waals surface area (Å²) in [6, 6.07) is 10.8. The molecular weight excluding hydrogens is 232 g/mol. The molecule has 0 aliphatic heterocycles. The molecule has 0 saturated heterocycles. The van der Waals surface area contributed by atoms with Gasteiger partial charge in [0.05, 0.1) is 0 Å². The lowest BCUT2D eigenvalue weighted by Crippen LogP contribution is -2.31. The highest BCUT2D eigenvalue weighted by molar-refractivity contribution is 5.14. The van der Waals surface area contributed by atoms with Crippen molar-refractivity contribution in [2.75, 3.05) is 19.6 Å². The zero-order valence-corrected chi connectivity index (χ0v) is 12.1. The highest BCUT2D eigenvalue weighted by Gasteiger charge is 2.14. The molecule has 0 atom stereocenters. The third-order valence-electron chi connectivity index (χ3n) is 4.27. The highest BCUT2D eigenvalue weighted by atomic mass is 15.1. The van der Waals surface area contributed by atoms with E-state index in [2.05, 4.69) is 35.2 Å². The number of hydrogen-bond donors (Lipinski definition) is 1. The molecule has 1 aromatic rings. The van der Waals surface area contributed by atoms with Crippen LogP contribution in [0, 0.1) is 5.92 Å². The van der Waals surface area contributed by atoms with E-state index in [0.717, 1.165) is 25.6 Å². The van der Waals surface area contributed by atoms with Crippen molar-refractivity contribution in [3.8, 4) is 0 Å². The van der Waals surface area contributed by atoms with Gasteiger partial charge in [-0.15, -0.1) is 0 Å². The van der Waals surface area contributed by atoms with Crippen LogP contribution in [-0.4, -0.2) is 24.5 Å². The molecule has 1 saturated carbocycles. The van der Waals surface area contributed by atoms with E-state index in [4.69, 9.17) is 5.73 Å². The Morgan fingerprint density at radius 1 is 1.00 bits per heavy atom. The highest BCUT2D eigenvalue weighted by Crippen LogP contribution is 2.26. The van der Waals surface area contributed by atoms with Crippen LogP contribution in [0.25, 0.3) is 0 Å². The molecule has 2 N–H and O–H groups in total. The van der Waals surface area contributed by atoms with Crippen molar-refractivity contribution >= 4 is 0 Å². The Hall–Kier alpha value is -0.860. The van der Waals surface area contributed by atoms with Gasteiger partial charge in [-0.05, 0) is 24.4 Å². The fourth-order valence-electron chi connectivity index (χ4n) is 3.14. The van der Waals surface area contributed by atoms with Crippen molar-refractivity contribution in [1.29, 1.82) is 0 Å². The van der Waals surface area contributed by atoms with Crippen LogP contribution in [0.2, 0.25) is 0 Å². The van der Waals surface area contributed by atoms with E-state index in [-0.39, 0.29) is 0 Å². The summed E-state index contributed by atoms with van der Waals surface area (Å²) < 4.78 is 0. The van der Waals surface area contributed by atoms with Crippen LogP contribution in [0.4, 0.5) is 0 Å². The molecule has 1 fully saturated rings. The second-order valence-corrected chi connectivity index (χ2v) is 5.84. The Kier molecular flexibility index (Phi) is 6.38. The minimum Gasteiger partial charge on any atom is -0.329 e. The molecule has 2 heteroatoms. The Morgan fingerprint density at radius 3 is 2.42 bits per heavy atom. The summed E-state index contributed by atoms with van der Waals surface area (Å²) in [5, 5.41) is 0. The first-order chi connectivity index (χ1) is 9.38. The summed E-state index contributed by atoms with van der Waals surface area (Å²) in [6.07, 6.45) is 8.59. The fraction of sp³-hybridized carbons (Fsp3) is 0.647. The van der Waals surface area contributed by atoms with E-state index < -0.39 is 0 Å². The van der Waals surface area contributed by atoms with E-state index in [1.165, 1.54) is 50.6 Å². The van der Waals surface area contributed by atoms with Crippen LogP contribution >= 0.6 is 0 Å². The lowest BCUT2D eigenvalue weighted by atomic mass is 9.87. The van der Waals surface area contributed by atoms with E-state index in [0.29, 0.717) is 0 Å². The van der Waals surface area contributed by atoms with Gasteiger partial charge in [0.2, 0.25) is 0 Å². The molecule has 19 heavy (non-hydrogen) atoms. The van der Waals surface area contributed by atoms with Crippen LogP contribution in [0.1, 0.15) is 44.1 Å². The Morgan fingerprint density at radius 2 is 1.74 bits per heavy atom. The topological polar surface area (TPSA) is 29.3 Å². The Balaban J connectivity index is 1.78. The number of hydrogen-bond acceptors (Lipinski definition) is 2. The second-order valence-electron chi connectivity index (χ2n) is 5.84. The van der Waals surface area contributed by atoms with Gasteiger partial charge in [0.15, 0.2) is 0 Å². The molecule has 106 valence electrons. The predicted molar refractivity (Wildman–Crippen MR) is 82.0 cm³/mol. The number of nitrogens with zero attached hydrogens (tertiary/aromatic N) is 1. The molecular formula is C17H28N2. The van der Waals surface area contributed by atoms with Crippen molar-refractivity contribution in [2.24, 2.45) is 11.7 Å². The first-order valence-corrected chi connectivity index (χ1v) is 7.85. The lowest BCUT2D eigenvalue weighted by Gasteiger charge is -2.26. The van der Waals surface area contributed by atoms with Crippen molar-refractivity contribution < 1.29 is 0 Å².